The number of amides is 1. The zero-order chi connectivity index (χ0) is 14.6. The number of hydrogen-bond donors (Lipinski definition) is 1. The molecule has 1 aliphatic rings. The van der Waals surface area contributed by atoms with Gasteiger partial charge in [-0.3, -0.25) is 4.79 Å². The minimum atomic E-state index is -3.57. The standard InChI is InChI=1S/C13H17NO5S/c1-20(16,17)14-13(15)10-3-2-4-12(9-10)19-11-5-7-18-8-6-11/h2-4,9,11H,5-8H2,1H3,(H,14,15). The van der Waals surface area contributed by atoms with Crippen molar-refractivity contribution in [2.45, 2.75) is 18.9 Å². The third-order valence-corrected chi connectivity index (χ3v) is 3.40. The minimum absolute atomic E-state index is 0.0666. The largest absolute Gasteiger partial charge is 0.490 e. The van der Waals surface area contributed by atoms with Crippen LogP contribution in [0.1, 0.15) is 23.2 Å². The highest BCUT2D eigenvalue weighted by Crippen LogP contribution is 2.19. The molecule has 1 heterocycles. The molecule has 1 amide bonds. The fourth-order valence-corrected chi connectivity index (χ4v) is 2.38. The second kappa shape index (κ2) is 6.23. The Balaban J connectivity index is 2.05. The Bertz CT molecular complexity index is 578. The van der Waals surface area contributed by atoms with Crippen LogP contribution in [0.4, 0.5) is 0 Å². The molecule has 0 bridgehead atoms. The number of ether oxygens (including phenoxy) is 2. The second-order valence-electron chi connectivity index (χ2n) is 4.66. The van der Waals surface area contributed by atoms with Gasteiger partial charge in [-0.05, 0) is 18.2 Å². The Labute approximate surface area is 118 Å². The molecule has 20 heavy (non-hydrogen) atoms. The van der Waals surface area contributed by atoms with Crippen molar-refractivity contribution < 1.29 is 22.7 Å². The van der Waals surface area contributed by atoms with Crippen LogP contribution in [-0.2, 0) is 14.8 Å². The van der Waals surface area contributed by atoms with E-state index in [0.717, 1.165) is 19.1 Å². The van der Waals surface area contributed by atoms with E-state index in [1.54, 1.807) is 12.1 Å². The summed E-state index contributed by atoms with van der Waals surface area (Å²) in [5, 5.41) is 0. The normalized spacial score (nSPS) is 16.6. The third kappa shape index (κ3) is 4.50. The summed E-state index contributed by atoms with van der Waals surface area (Å²) in [7, 11) is -3.57. The van der Waals surface area contributed by atoms with E-state index >= 15 is 0 Å². The summed E-state index contributed by atoms with van der Waals surface area (Å²) in [6.45, 7) is 1.33. The topological polar surface area (TPSA) is 81.7 Å². The van der Waals surface area contributed by atoms with Gasteiger partial charge in [0, 0.05) is 18.4 Å². The predicted octanol–water partition coefficient (Wildman–Crippen LogP) is 0.934. The van der Waals surface area contributed by atoms with Gasteiger partial charge in [0.2, 0.25) is 10.0 Å². The molecule has 1 aliphatic heterocycles. The Hall–Kier alpha value is -1.60. The second-order valence-corrected chi connectivity index (χ2v) is 6.41. The zero-order valence-electron chi connectivity index (χ0n) is 11.2. The highest BCUT2D eigenvalue weighted by Gasteiger charge is 2.16. The molecule has 0 radical (unpaired) electrons. The van der Waals surface area contributed by atoms with E-state index in [1.165, 1.54) is 12.1 Å². The summed E-state index contributed by atoms with van der Waals surface area (Å²) in [5.41, 5.74) is 0.250. The summed E-state index contributed by atoms with van der Waals surface area (Å²) in [5.74, 6) is -0.108. The Kier molecular flexibility index (Phi) is 4.61. The fourth-order valence-electron chi connectivity index (χ4n) is 1.92. The molecule has 0 spiro atoms. The maximum Gasteiger partial charge on any atom is 0.264 e. The molecule has 0 atom stereocenters. The number of carbonyl (C=O) groups excluding carboxylic acids is 1. The van der Waals surface area contributed by atoms with E-state index in [0.29, 0.717) is 19.0 Å². The summed E-state index contributed by atoms with van der Waals surface area (Å²) in [6, 6.07) is 6.48. The van der Waals surface area contributed by atoms with Crippen LogP contribution in [0.2, 0.25) is 0 Å². The molecule has 1 fully saturated rings. The van der Waals surface area contributed by atoms with Crippen LogP contribution >= 0.6 is 0 Å². The summed E-state index contributed by atoms with van der Waals surface area (Å²) in [4.78, 5) is 11.7. The van der Waals surface area contributed by atoms with E-state index < -0.39 is 15.9 Å². The molecule has 7 heteroatoms. The maximum absolute atomic E-state index is 11.7. The van der Waals surface area contributed by atoms with Gasteiger partial charge in [0.15, 0.2) is 0 Å². The smallest absolute Gasteiger partial charge is 0.264 e. The van der Waals surface area contributed by atoms with Crippen molar-refractivity contribution in [3.05, 3.63) is 29.8 Å². The molecule has 2 rings (SSSR count). The SMILES string of the molecule is CS(=O)(=O)NC(=O)c1cccc(OC2CCOCC2)c1. The van der Waals surface area contributed by atoms with E-state index in [2.05, 4.69) is 0 Å². The molecule has 0 unspecified atom stereocenters. The van der Waals surface area contributed by atoms with Crippen molar-refractivity contribution in [2.75, 3.05) is 19.5 Å². The molecule has 1 saturated heterocycles. The molecule has 1 N–H and O–H groups in total. The Morgan fingerprint density at radius 1 is 1.35 bits per heavy atom. The highest BCUT2D eigenvalue weighted by atomic mass is 32.2. The summed E-state index contributed by atoms with van der Waals surface area (Å²) in [6.07, 6.45) is 2.62. The van der Waals surface area contributed by atoms with Crippen LogP contribution in [0.5, 0.6) is 5.75 Å². The lowest BCUT2D eigenvalue weighted by Crippen LogP contribution is -2.29. The van der Waals surface area contributed by atoms with Crippen molar-refractivity contribution in [1.29, 1.82) is 0 Å². The van der Waals surface area contributed by atoms with Crippen molar-refractivity contribution in [3.8, 4) is 5.75 Å². The lowest BCUT2D eigenvalue weighted by Gasteiger charge is -2.23. The van der Waals surface area contributed by atoms with Crippen LogP contribution in [-0.4, -0.2) is 39.9 Å². The predicted molar refractivity (Wildman–Crippen MR) is 73.2 cm³/mol. The average molecular weight is 299 g/mol. The van der Waals surface area contributed by atoms with Gasteiger partial charge < -0.3 is 9.47 Å². The van der Waals surface area contributed by atoms with Crippen LogP contribution < -0.4 is 9.46 Å². The number of carbonyl (C=O) groups is 1. The van der Waals surface area contributed by atoms with Crippen molar-refractivity contribution in [3.63, 3.8) is 0 Å². The van der Waals surface area contributed by atoms with Crippen LogP contribution in [0, 0.1) is 0 Å². The summed E-state index contributed by atoms with van der Waals surface area (Å²) < 4.78 is 35.0. The van der Waals surface area contributed by atoms with Gasteiger partial charge in [0.1, 0.15) is 11.9 Å². The first-order chi connectivity index (χ1) is 9.44. The third-order valence-electron chi connectivity index (χ3n) is 2.85. The molecule has 6 nitrogen and oxygen atoms in total. The van der Waals surface area contributed by atoms with E-state index in [1.807, 2.05) is 4.72 Å². The van der Waals surface area contributed by atoms with Crippen LogP contribution in [0.25, 0.3) is 0 Å². The molecule has 0 saturated carbocycles. The van der Waals surface area contributed by atoms with Crippen molar-refractivity contribution in [2.24, 2.45) is 0 Å². The first-order valence-electron chi connectivity index (χ1n) is 6.30. The van der Waals surface area contributed by atoms with Gasteiger partial charge in [0.05, 0.1) is 19.5 Å². The van der Waals surface area contributed by atoms with Crippen molar-refractivity contribution >= 4 is 15.9 Å². The number of sulfonamides is 1. The molecule has 110 valence electrons. The molecule has 1 aromatic rings. The summed E-state index contributed by atoms with van der Waals surface area (Å²) >= 11 is 0. The fraction of sp³-hybridized carbons (Fsp3) is 0.462. The minimum Gasteiger partial charge on any atom is -0.490 e. The monoisotopic (exact) mass is 299 g/mol. The van der Waals surface area contributed by atoms with E-state index in [-0.39, 0.29) is 11.7 Å². The average Bonchev–Trinajstić information content (AvgIpc) is 2.38. The van der Waals surface area contributed by atoms with Gasteiger partial charge >= 0.3 is 0 Å². The quantitative estimate of drug-likeness (QED) is 0.894. The van der Waals surface area contributed by atoms with Gasteiger partial charge in [0.25, 0.3) is 5.91 Å². The van der Waals surface area contributed by atoms with Crippen LogP contribution in [0.3, 0.4) is 0 Å². The van der Waals surface area contributed by atoms with Gasteiger partial charge in [-0.1, -0.05) is 6.07 Å². The number of rotatable bonds is 4. The molecular weight excluding hydrogens is 282 g/mol. The zero-order valence-corrected chi connectivity index (χ0v) is 12.0. The first kappa shape index (κ1) is 14.8. The van der Waals surface area contributed by atoms with Gasteiger partial charge in [-0.25, -0.2) is 13.1 Å². The molecule has 1 aromatic carbocycles. The highest BCUT2D eigenvalue weighted by molar-refractivity contribution is 7.89. The number of hydrogen-bond acceptors (Lipinski definition) is 5. The van der Waals surface area contributed by atoms with Gasteiger partial charge in [-0.15, -0.1) is 0 Å². The molecule has 0 aromatic heterocycles. The van der Waals surface area contributed by atoms with Gasteiger partial charge in [-0.2, -0.15) is 0 Å². The maximum atomic E-state index is 11.7. The number of nitrogens with one attached hydrogen (secondary N) is 1. The Morgan fingerprint density at radius 3 is 2.70 bits per heavy atom. The molecular formula is C13H17NO5S. The van der Waals surface area contributed by atoms with E-state index in [9.17, 15) is 13.2 Å². The lowest BCUT2D eigenvalue weighted by molar-refractivity contribution is 0.0255. The number of benzene rings is 1. The molecule has 0 aliphatic carbocycles. The van der Waals surface area contributed by atoms with E-state index in [4.69, 9.17) is 9.47 Å². The first-order valence-corrected chi connectivity index (χ1v) is 8.20. The lowest BCUT2D eigenvalue weighted by atomic mass is 10.1. The van der Waals surface area contributed by atoms with Crippen molar-refractivity contribution in [1.82, 2.24) is 4.72 Å². The Morgan fingerprint density at radius 2 is 2.05 bits per heavy atom. The van der Waals surface area contributed by atoms with Crippen LogP contribution in [0.15, 0.2) is 24.3 Å².